The highest BCUT2D eigenvalue weighted by molar-refractivity contribution is 6.02. The molecule has 4 aromatic rings. The normalized spacial score (nSPS) is 10.5. The van der Waals surface area contributed by atoms with Crippen molar-refractivity contribution in [3.05, 3.63) is 108 Å². The fourth-order valence-electron chi connectivity index (χ4n) is 3.07. The summed E-state index contributed by atoms with van der Waals surface area (Å²) in [6.07, 6.45) is 1.59. The molecule has 2 N–H and O–H groups in total. The quantitative estimate of drug-likeness (QED) is 0.495. The summed E-state index contributed by atoms with van der Waals surface area (Å²) in [5.74, 6) is -1.99. The molecule has 0 unspecified atom stereocenters. The summed E-state index contributed by atoms with van der Waals surface area (Å²) in [5, 5.41) is 4.58. The maximum absolute atomic E-state index is 13.8. The molecule has 1 aromatic heterocycles. The van der Waals surface area contributed by atoms with Crippen LogP contribution in [-0.4, -0.2) is 21.6 Å². The minimum Gasteiger partial charge on any atom is -0.267 e. The van der Waals surface area contributed by atoms with Crippen LogP contribution in [0.1, 0.15) is 26.3 Å². The van der Waals surface area contributed by atoms with Crippen molar-refractivity contribution in [2.75, 3.05) is 0 Å². The van der Waals surface area contributed by atoms with E-state index in [9.17, 15) is 14.0 Å². The van der Waals surface area contributed by atoms with Gasteiger partial charge < -0.3 is 0 Å². The predicted molar refractivity (Wildman–Crippen MR) is 115 cm³/mol. The lowest BCUT2D eigenvalue weighted by atomic mass is 10.1. The summed E-state index contributed by atoms with van der Waals surface area (Å²) in [6, 6.07) is 22.5. The molecule has 0 spiro atoms. The van der Waals surface area contributed by atoms with Gasteiger partial charge in [-0.1, -0.05) is 60.2 Å². The second kappa shape index (κ2) is 8.62. The number of amides is 2. The van der Waals surface area contributed by atoms with Gasteiger partial charge in [-0.05, 0) is 31.2 Å². The molecule has 2 amide bonds. The average molecular weight is 414 g/mol. The van der Waals surface area contributed by atoms with Gasteiger partial charge in [0.2, 0.25) is 0 Å². The Labute approximate surface area is 178 Å². The lowest BCUT2D eigenvalue weighted by Crippen LogP contribution is -2.42. The summed E-state index contributed by atoms with van der Waals surface area (Å²) in [7, 11) is 0. The first-order valence-electron chi connectivity index (χ1n) is 9.60. The van der Waals surface area contributed by atoms with E-state index in [4.69, 9.17) is 0 Å². The van der Waals surface area contributed by atoms with Gasteiger partial charge in [-0.15, -0.1) is 0 Å². The summed E-state index contributed by atoms with van der Waals surface area (Å²) in [4.78, 5) is 25.1. The standard InChI is InChI=1S/C24H19FN4O2/c1-16-11-13-17(14-12-16)22-20(15-29(28-22)18-7-3-2-4-8-18)24(31)27-26-23(30)19-9-5-6-10-21(19)25/h2-15H,1H3,(H,26,30)(H,27,31). The first-order valence-corrected chi connectivity index (χ1v) is 9.60. The predicted octanol–water partition coefficient (Wildman–Crippen LogP) is 4.06. The second-order valence-corrected chi connectivity index (χ2v) is 6.93. The van der Waals surface area contributed by atoms with Gasteiger partial charge in [-0.2, -0.15) is 5.10 Å². The molecule has 6 nitrogen and oxygen atoms in total. The fourth-order valence-corrected chi connectivity index (χ4v) is 3.07. The Morgan fingerprint density at radius 3 is 2.10 bits per heavy atom. The van der Waals surface area contributed by atoms with E-state index in [0.717, 1.165) is 16.8 Å². The van der Waals surface area contributed by atoms with Crippen LogP contribution in [0.4, 0.5) is 4.39 Å². The molecule has 0 saturated carbocycles. The third kappa shape index (κ3) is 4.35. The molecule has 4 rings (SSSR count). The van der Waals surface area contributed by atoms with Crippen LogP contribution in [0.3, 0.4) is 0 Å². The minimum absolute atomic E-state index is 0.165. The Morgan fingerprint density at radius 2 is 1.42 bits per heavy atom. The van der Waals surface area contributed by atoms with Crippen molar-refractivity contribution in [2.24, 2.45) is 0 Å². The average Bonchev–Trinajstić information content (AvgIpc) is 3.24. The third-order valence-electron chi connectivity index (χ3n) is 4.71. The number of para-hydroxylation sites is 1. The molecule has 7 heteroatoms. The van der Waals surface area contributed by atoms with E-state index in [1.54, 1.807) is 16.9 Å². The van der Waals surface area contributed by atoms with Crippen LogP contribution in [0.15, 0.2) is 85.1 Å². The zero-order valence-electron chi connectivity index (χ0n) is 16.7. The molecule has 31 heavy (non-hydrogen) atoms. The largest absolute Gasteiger partial charge is 0.273 e. The van der Waals surface area contributed by atoms with Gasteiger partial charge in [-0.3, -0.25) is 20.4 Å². The molecule has 0 fully saturated rings. The van der Waals surface area contributed by atoms with Crippen LogP contribution in [0.25, 0.3) is 16.9 Å². The van der Waals surface area contributed by atoms with Crippen molar-refractivity contribution in [3.63, 3.8) is 0 Å². The maximum atomic E-state index is 13.8. The summed E-state index contributed by atoms with van der Waals surface area (Å²) >= 11 is 0. The molecule has 3 aromatic carbocycles. The number of nitrogens with zero attached hydrogens (tertiary/aromatic N) is 2. The van der Waals surface area contributed by atoms with Crippen molar-refractivity contribution in [3.8, 4) is 16.9 Å². The number of benzene rings is 3. The first kappa shape index (κ1) is 20.0. The Hall–Kier alpha value is -4.26. The Balaban J connectivity index is 1.63. The van der Waals surface area contributed by atoms with Crippen LogP contribution < -0.4 is 10.9 Å². The number of hydrogen-bond acceptors (Lipinski definition) is 3. The number of carbonyl (C=O) groups excluding carboxylic acids is 2. The van der Waals surface area contributed by atoms with E-state index < -0.39 is 17.6 Å². The smallest absolute Gasteiger partial charge is 0.267 e. The van der Waals surface area contributed by atoms with E-state index in [1.807, 2.05) is 61.5 Å². The Morgan fingerprint density at radius 1 is 0.806 bits per heavy atom. The highest BCUT2D eigenvalue weighted by Gasteiger charge is 2.20. The second-order valence-electron chi connectivity index (χ2n) is 6.93. The summed E-state index contributed by atoms with van der Waals surface area (Å²) < 4.78 is 15.4. The molecule has 0 aliphatic rings. The molecule has 0 atom stereocenters. The molecule has 1 heterocycles. The molecule has 0 radical (unpaired) electrons. The van der Waals surface area contributed by atoms with Crippen LogP contribution in [0.2, 0.25) is 0 Å². The van der Waals surface area contributed by atoms with Crippen molar-refractivity contribution in [2.45, 2.75) is 6.92 Å². The number of hydrazine groups is 1. The monoisotopic (exact) mass is 414 g/mol. The van der Waals surface area contributed by atoms with Gasteiger partial charge in [0.25, 0.3) is 11.8 Å². The van der Waals surface area contributed by atoms with Crippen molar-refractivity contribution in [1.82, 2.24) is 20.6 Å². The highest BCUT2D eigenvalue weighted by Crippen LogP contribution is 2.24. The SMILES string of the molecule is Cc1ccc(-c2nn(-c3ccccc3)cc2C(=O)NNC(=O)c2ccccc2F)cc1. The van der Waals surface area contributed by atoms with Crippen LogP contribution in [0.5, 0.6) is 0 Å². The van der Waals surface area contributed by atoms with Gasteiger partial charge in [0, 0.05) is 11.8 Å². The van der Waals surface area contributed by atoms with Gasteiger partial charge in [-0.25, -0.2) is 9.07 Å². The maximum Gasteiger partial charge on any atom is 0.273 e. The van der Waals surface area contributed by atoms with Crippen molar-refractivity contribution < 1.29 is 14.0 Å². The van der Waals surface area contributed by atoms with Crippen molar-refractivity contribution >= 4 is 11.8 Å². The number of nitrogens with one attached hydrogen (secondary N) is 2. The lowest BCUT2D eigenvalue weighted by Gasteiger charge is -2.08. The molecule has 154 valence electrons. The summed E-state index contributed by atoms with van der Waals surface area (Å²) in [6.45, 7) is 1.97. The van der Waals surface area contributed by atoms with E-state index in [1.165, 1.54) is 18.2 Å². The Kier molecular flexibility index (Phi) is 5.57. The van der Waals surface area contributed by atoms with Gasteiger partial charge in [0.05, 0.1) is 16.8 Å². The molecule has 0 bridgehead atoms. The topological polar surface area (TPSA) is 76.0 Å². The molecular weight excluding hydrogens is 395 g/mol. The highest BCUT2D eigenvalue weighted by atomic mass is 19.1. The number of aryl methyl sites for hydroxylation is 1. The molecule has 0 aliphatic carbocycles. The Bertz CT molecular complexity index is 1230. The number of rotatable bonds is 4. The van der Waals surface area contributed by atoms with Crippen molar-refractivity contribution in [1.29, 1.82) is 0 Å². The van der Waals surface area contributed by atoms with E-state index >= 15 is 0 Å². The molecule has 0 aliphatic heterocycles. The fraction of sp³-hybridized carbons (Fsp3) is 0.0417. The van der Waals surface area contributed by atoms with Gasteiger partial charge >= 0.3 is 0 Å². The zero-order chi connectivity index (χ0) is 21.8. The van der Waals surface area contributed by atoms with E-state index in [2.05, 4.69) is 16.0 Å². The van der Waals surface area contributed by atoms with E-state index in [0.29, 0.717) is 5.69 Å². The molecule has 0 saturated heterocycles. The van der Waals surface area contributed by atoms with E-state index in [-0.39, 0.29) is 11.1 Å². The molecular formula is C24H19FN4O2. The first-order chi connectivity index (χ1) is 15.0. The van der Waals surface area contributed by atoms with Gasteiger partial charge in [0.1, 0.15) is 11.5 Å². The number of carbonyl (C=O) groups is 2. The minimum atomic E-state index is -0.751. The third-order valence-corrected chi connectivity index (χ3v) is 4.71. The van der Waals surface area contributed by atoms with Gasteiger partial charge in [0.15, 0.2) is 0 Å². The number of aromatic nitrogens is 2. The number of halogens is 1. The summed E-state index contributed by atoms with van der Waals surface area (Å²) in [5.41, 5.74) is 7.79. The van der Waals surface area contributed by atoms with Crippen LogP contribution >= 0.6 is 0 Å². The number of hydrogen-bond donors (Lipinski definition) is 2. The van der Waals surface area contributed by atoms with Crippen LogP contribution in [-0.2, 0) is 0 Å². The van der Waals surface area contributed by atoms with Crippen LogP contribution in [0, 0.1) is 12.7 Å². The zero-order valence-corrected chi connectivity index (χ0v) is 16.7. The lowest BCUT2D eigenvalue weighted by molar-refractivity contribution is 0.0844.